The molecule has 12 aromatic rings. The average molecular weight is 731 g/mol. The standard InChI is InChI=1S/C51H30N4O2/c1-3-14-31(15-4-1)49-52-50(32-16-5-2-6-17-32)54-51(53-49)39-22-11-21-38-37-29-28-33(30-45(37)57-48(38)39)34-20-12-26-43-46(34)47-42(25-13-27-44(47)56-43)55-40-23-9-7-18-35(40)36-19-8-10-24-41(36)55/h1-30H. The van der Waals surface area contributed by atoms with E-state index in [1.807, 2.05) is 72.8 Å². The van der Waals surface area contributed by atoms with Crippen LogP contribution in [0.3, 0.4) is 0 Å². The number of nitrogens with zero attached hydrogens (tertiary/aromatic N) is 4. The molecule has 4 heterocycles. The minimum atomic E-state index is 0.555. The van der Waals surface area contributed by atoms with E-state index in [0.29, 0.717) is 17.5 Å². The molecule has 0 N–H and O–H groups in total. The van der Waals surface area contributed by atoms with Crippen molar-refractivity contribution in [2.24, 2.45) is 0 Å². The Bertz CT molecular complexity index is 3410. The highest BCUT2D eigenvalue weighted by Gasteiger charge is 2.22. The molecule has 0 spiro atoms. The number of furan rings is 2. The zero-order chi connectivity index (χ0) is 37.5. The Morgan fingerprint density at radius 3 is 1.61 bits per heavy atom. The predicted octanol–water partition coefficient (Wildman–Crippen LogP) is 13.4. The highest BCUT2D eigenvalue weighted by molar-refractivity contribution is 6.19. The number of aromatic nitrogens is 4. The molecule has 0 atom stereocenters. The molecule has 0 aliphatic rings. The molecule has 266 valence electrons. The fourth-order valence-corrected chi connectivity index (χ4v) is 8.53. The van der Waals surface area contributed by atoms with Gasteiger partial charge in [0.15, 0.2) is 17.5 Å². The maximum absolute atomic E-state index is 6.82. The maximum Gasteiger partial charge on any atom is 0.167 e. The molecule has 0 saturated carbocycles. The Hall–Kier alpha value is -7.83. The van der Waals surface area contributed by atoms with Gasteiger partial charge >= 0.3 is 0 Å². The average Bonchev–Trinajstić information content (AvgIpc) is 3.96. The van der Waals surface area contributed by atoms with Crippen molar-refractivity contribution in [2.75, 3.05) is 0 Å². The van der Waals surface area contributed by atoms with Gasteiger partial charge in [0.05, 0.1) is 27.7 Å². The van der Waals surface area contributed by atoms with Gasteiger partial charge in [-0.3, -0.25) is 0 Å². The van der Waals surface area contributed by atoms with E-state index in [1.54, 1.807) is 0 Å². The van der Waals surface area contributed by atoms with Crippen molar-refractivity contribution < 1.29 is 8.83 Å². The van der Waals surface area contributed by atoms with Crippen LogP contribution in [-0.4, -0.2) is 19.5 Å². The Labute approximate surface area is 325 Å². The summed E-state index contributed by atoms with van der Waals surface area (Å²) in [6.45, 7) is 0. The summed E-state index contributed by atoms with van der Waals surface area (Å²) in [5, 5.41) is 6.59. The summed E-state index contributed by atoms with van der Waals surface area (Å²) in [4.78, 5) is 14.9. The van der Waals surface area contributed by atoms with Crippen LogP contribution in [0.1, 0.15) is 0 Å². The van der Waals surface area contributed by atoms with Crippen LogP contribution in [0.15, 0.2) is 191 Å². The molecule has 0 amide bonds. The molecular formula is C51H30N4O2. The number of rotatable bonds is 5. The monoisotopic (exact) mass is 730 g/mol. The van der Waals surface area contributed by atoms with Crippen molar-refractivity contribution in [1.82, 2.24) is 19.5 Å². The van der Waals surface area contributed by atoms with Gasteiger partial charge in [0.2, 0.25) is 0 Å². The zero-order valence-electron chi connectivity index (χ0n) is 30.4. The SMILES string of the molecule is c1ccc(-c2nc(-c3ccccc3)nc(-c3cccc4c3oc3cc(-c5cccc6oc7cccc(-n8c9ccccc9c9ccccc98)c7c56)ccc34)n2)cc1. The first-order valence-electron chi connectivity index (χ1n) is 19.0. The first-order chi connectivity index (χ1) is 28.3. The van der Waals surface area contributed by atoms with Crippen molar-refractivity contribution in [2.45, 2.75) is 0 Å². The molecule has 57 heavy (non-hydrogen) atoms. The van der Waals surface area contributed by atoms with E-state index in [-0.39, 0.29) is 0 Å². The number of benzene rings is 8. The second kappa shape index (κ2) is 12.3. The smallest absolute Gasteiger partial charge is 0.167 e. The van der Waals surface area contributed by atoms with E-state index in [0.717, 1.165) is 88.4 Å². The predicted molar refractivity (Wildman–Crippen MR) is 230 cm³/mol. The Morgan fingerprint density at radius 1 is 0.351 bits per heavy atom. The highest BCUT2D eigenvalue weighted by atomic mass is 16.3. The van der Waals surface area contributed by atoms with Crippen molar-refractivity contribution >= 4 is 65.7 Å². The van der Waals surface area contributed by atoms with Crippen molar-refractivity contribution in [1.29, 1.82) is 0 Å². The van der Waals surface area contributed by atoms with Crippen LogP contribution in [-0.2, 0) is 0 Å². The molecule has 12 rings (SSSR count). The van der Waals surface area contributed by atoms with E-state index in [9.17, 15) is 0 Å². The fraction of sp³-hybridized carbons (Fsp3) is 0. The third kappa shape index (κ3) is 4.87. The maximum atomic E-state index is 6.82. The number of para-hydroxylation sites is 3. The summed E-state index contributed by atoms with van der Waals surface area (Å²) >= 11 is 0. The normalized spacial score (nSPS) is 11.9. The summed E-state index contributed by atoms with van der Waals surface area (Å²) in [5.74, 6) is 1.77. The second-order valence-corrected chi connectivity index (χ2v) is 14.3. The lowest BCUT2D eigenvalue weighted by molar-refractivity contribution is 0.668. The van der Waals surface area contributed by atoms with E-state index in [2.05, 4.69) is 114 Å². The van der Waals surface area contributed by atoms with Crippen LogP contribution >= 0.6 is 0 Å². The van der Waals surface area contributed by atoms with Crippen molar-refractivity contribution in [3.05, 3.63) is 182 Å². The van der Waals surface area contributed by atoms with Crippen LogP contribution < -0.4 is 0 Å². The van der Waals surface area contributed by atoms with E-state index in [4.69, 9.17) is 23.8 Å². The van der Waals surface area contributed by atoms with Crippen molar-refractivity contribution in [3.63, 3.8) is 0 Å². The second-order valence-electron chi connectivity index (χ2n) is 14.3. The van der Waals surface area contributed by atoms with Gasteiger partial charge in [-0.25, -0.2) is 15.0 Å². The first-order valence-corrected chi connectivity index (χ1v) is 19.0. The summed E-state index contributed by atoms with van der Waals surface area (Å²) < 4.78 is 15.8. The minimum Gasteiger partial charge on any atom is -0.456 e. The summed E-state index contributed by atoms with van der Waals surface area (Å²) in [7, 11) is 0. The number of hydrogen-bond donors (Lipinski definition) is 0. The van der Waals surface area contributed by atoms with E-state index < -0.39 is 0 Å². The highest BCUT2D eigenvalue weighted by Crippen LogP contribution is 2.44. The third-order valence-corrected chi connectivity index (χ3v) is 11.1. The first kappa shape index (κ1) is 31.5. The molecule has 6 nitrogen and oxygen atoms in total. The topological polar surface area (TPSA) is 69.9 Å². The molecule has 6 heteroatoms. The fourth-order valence-electron chi connectivity index (χ4n) is 8.53. The molecule has 0 bridgehead atoms. The summed E-state index contributed by atoms with van der Waals surface area (Å²) in [5.41, 5.74) is 11.3. The van der Waals surface area contributed by atoms with Crippen LogP contribution in [0.25, 0.3) is 117 Å². The van der Waals surface area contributed by atoms with Gasteiger partial charge in [-0.05, 0) is 59.7 Å². The lowest BCUT2D eigenvalue weighted by atomic mass is 9.97. The molecule has 0 aliphatic heterocycles. The summed E-state index contributed by atoms with van der Waals surface area (Å²) in [6.07, 6.45) is 0. The van der Waals surface area contributed by atoms with Crippen LogP contribution in [0, 0.1) is 0 Å². The molecule has 0 unspecified atom stereocenters. The zero-order valence-corrected chi connectivity index (χ0v) is 30.4. The van der Waals surface area contributed by atoms with E-state index >= 15 is 0 Å². The van der Waals surface area contributed by atoms with Gasteiger partial charge in [0.1, 0.15) is 22.3 Å². The largest absolute Gasteiger partial charge is 0.456 e. The Kier molecular flexibility index (Phi) is 6.83. The van der Waals surface area contributed by atoms with Crippen LogP contribution in [0.2, 0.25) is 0 Å². The van der Waals surface area contributed by atoms with E-state index in [1.165, 1.54) is 10.8 Å². The van der Waals surface area contributed by atoms with Crippen LogP contribution in [0.5, 0.6) is 0 Å². The molecule has 0 saturated heterocycles. The van der Waals surface area contributed by atoms with Crippen LogP contribution in [0.4, 0.5) is 0 Å². The molecule has 0 radical (unpaired) electrons. The molecule has 0 aliphatic carbocycles. The molecule has 4 aromatic heterocycles. The molecular weight excluding hydrogens is 701 g/mol. The van der Waals surface area contributed by atoms with Gasteiger partial charge in [0.25, 0.3) is 0 Å². The lowest BCUT2D eigenvalue weighted by Crippen LogP contribution is -2.00. The lowest BCUT2D eigenvalue weighted by Gasteiger charge is -2.11. The van der Waals surface area contributed by atoms with Gasteiger partial charge in [0, 0.05) is 38.1 Å². The number of hydrogen-bond acceptors (Lipinski definition) is 5. The van der Waals surface area contributed by atoms with Gasteiger partial charge in [-0.2, -0.15) is 0 Å². The molecule has 0 fully saturated rings. The minimum absolute atomic E-state index is 0.555. The molecule has 8 aromatic carbocycles. The van der Waals surface area contributed by atoms with Gasteiger partial charge < -0.3 is 13.4 Å². The van der Waals surface area contributed by atoms with Gasteiger partial charge in [-0.15, -0.1) is 0 Å². The number of fused-ring (bicyclic) bond motifs is 9. The Balaban J connectivity index is 1.05. The Morgan fingerprint density at radius 2 is 0.912 bits per heavy atom. The summed E-state index contributed by atoms with van der Waals surface area (Å²) in [6, 6.07) is 62.6. The third-order valence-electron chi connectivity index (χ3n) is 11.1. The van der Waals surface area contributed by atoms with Crippen molar-refractivity contribution in [3.8, 4) is 51.0 Å². The quantitative estimate of drug-likeness (QED) is 0.176. The van der Waals surface area contributed by atoms with Gasteiger partial charge in [-0.1, -0.05) is 133 Å².